The van der Waals surface area contributed by atoms with Gasteiger partial charge in [-0.15, -0.1) is 0 Å². The minimum atomic E-state index is -0.434. The first-order valence-electron chi connectivity index (χ1n) is 6.96. The van der Waals surface area contributed by atoms with Crippen molar-refractivity contribution in [2.75, 3.05) is 32.7 Å². The SMILES string of the molecule is CC1CCCC1CNC(=O)C(=O)N1CCNCC1. The van der Waals surface area contributed by atoms with Crippen LogP contribution in [-0.2, 0) is 9.59 Å². The van der Waals surface area contributed by atoms with E-state index in [0.717, 1.165) is 13.1 Å². The van der Waals surface area contributed by atoms with Crippen molar-refractivity contribution < 1.29 is 9.59 Å². The molecule has 1 heterocycles. The Labute approximate surface area is 108 Å². The van der Waals surface area contributed by atoms with Gasteiger partial charge in [-0.25, -0.2) is 0 Å². The van der Waals surface area contributed by atoms with Gasteiger partial charge in [0.2, 0.25) is 0 Å². The van der Waals surface area contributed by atoms with Crippen molar-refractivity contribution in [2.24, 2.45) is 11.8 Å². The van der Waals surface area contributed by atoms with Gasteiger partial charge in [-0.1, -0.05) is 19.8 Å². The van der Waals surface area contributed by atoms with Gasteiger partial charge in [0, 0.05) is 32.7 Å². The molecule has 5 nitrogen and oxygen atoms in total. The van der Waals surface area contributed by atoms with E-state index in [0.29, 0.717) is 31.5 Å². The normalized spacial score (nSPS) is 28.2. The lowest BCUT2D eigenvalue weighted by atomic mass is 9.98. The number of nitrogens with zero attached hydrogens (tertiary/aromatic N) is 1. The highest BCUT2D eigenvalue weighted by atomic mass is 16.2. The van der Waals surface area contributed by atoms with Crippen molar-refractivity contribution in [3.05, 3.63) is 0 Å². The summed E-state index contributed by atoms with van der Waals surface area (Å²) >= 11 is 0. The Morgan fingerprint density at radius 2 is 2.00 bits per heavy atom. The number of hydrogen-bond acceptors (Lipinski definition) is 3. The third-order valence-electron chi connectivity index (χ3n) is 4.16. The summed E-state index contributed by atoms with van der Waals surface area (Å²) in [6, 6.07) is 0. The number of piperazine rings is 1. The molecule has 2 unspecified atom stereocenters. The molecular weight excluding hydrogens is 230 g/mol. The van der Waals surface area contributed by atoms with Crippen molar-refractivity contribution in [2.45, 2.75) is 26.2 Å². The van der Waals surface area contributed by atoms with E-state index >= 15 is 0 Å². The minimum Gasteiger partial charge on any atom is -0.348 e. The molecule has 1 aliphatic heterocycles. The molecule has 1 aliphatic carbocycles. The molecule has 18 heavy (non-hydrogen) atoms. The highest BCUT2D eigenvalue weighted by Crippen LogP contribution is 2.30. The topological polar surface area (TPSA) is 61.4 Å². The molecule has 2 amide bonds. The highest BCUT2D eigenvalue weighted by molar-refractivity contribution is 6.35. The maximum absolute atomic E-state index is 11.9. The number of carbonyl (C=O) groups is 2. The van der Waals surface area contributed by atoms with Crippen molar-refractivity contribution in [3.8, 4) is 0 Å². The third-order valence-corrected chi connectivity index (χ3v) is 4.16. The first kappa shape index (κ1) is 13.3. The fraction of sp³-hybridized carbons (Fsp3) is 0.846. The average molecular weight is 253 g/mol. The van der Waals surface area contributed by atoms with Gasteiger partial charge in [0.05, 0.1) is 0 Å². The van der Waals surface area contributed by atoms with E-state index in [2.05, 4.69) is 17.6 Å². The van der Waals surface area contributed by atoms with Gasteiger partial charge in [0.1, 0.15) is 0 Å². The van der Waals surface area contributed by atoms with Crippen LogP contribution < -0.4 is 10.6 Å². The summed E-state index contributed by atoms with van der Waals surface area (Å²) in [5, 5.41) is 5.97. The summed E-state index contributed by atoms with van der Waals surface area (Å²) in [5.41, 5.74) is 0. The average Bonchev–Trinajstić information content (AvgIpc) is 2.81. The van der Waals surface area contributed by atoms with Crippen LogP contribution in [-0.4, -0.2) is 49.4 Å². The maximum Gasteiger partial charge on any atom is 0.311 e. The molecule has 0 spiro atoms. The molecule has 102 valence electrons. The van der Waals surface area contributed by atoms with Crippen molar-refractivity contribution in [1.29, 1.82) is 0 Å². The summed E-state index contributed by atoms with van der Waals surface area (Å²) in [6.07, 6.45) is 3.66. The van der Waals surface area contributed by atoms with Crippen LogP contribution in [0.25, 0.3) is 0 Å². The molecule has 0 bridgehead atoms. The van der Waals surface area contributed by atoms with Crippen LogP contribution in [0.3, 0.4) is 0 Å². The monoisotopic (exact) mass is 253 g/mol. The summed E-state index contributed by atoms with van der Waals surface area (Å²) < 4.78 is 0. The number of hydrogen-bond donors (Lipinski definition) is 2. The molecule has 0 radical (unpaired) electrons. The Bertz CT molecular complexity index is 313. The van der Waals surface area contributed by atoms with Gasteiger partial charge >= 0.3 is 11.8 Å². The van der Waals surface area contributed by atoms with Crippen molar-refractivity contribution in [1.82, 2.24) is 15.5 Å². The molecule has 0 aromatic heterocycles. The predicted octanol–water partition coefficient (Wildman–Crippen LogP) is -0.0294. The van der Waals surface area contributed by atoms with E-state index in [1.165, 1.54) is 19.3 Å². The number of carbonyl (C=O) groups excluding carboxylic acids is 2. The second-order valence-electron chi connectivity index (χ2n) is 5.42. The lowest BCUT2D eigenvalue weighted by molar-refractivity contribution is -0.146. The van der Waals surface area contributed by atoms with E-state index in [4.69, 9.17) is 0 Å². The number of nitrogens with one attached hydrogen (secondary N) is 2. The Hall–Kier alpha value is -1.10. The van der Waals surface area contributed by atoms with Crippen LogP contribution in [0.5, 0.6) is 0 Å². The van der Waals surface area contributed by atoms with Gasteiger partial charge in [-0.05, 0) is 18.3 Å². The molecule has 2 N–H and O–H groups in total. The first-order valence-corrected chi connectivity index (χ1v) is 6.96. The van der Waals surface area contributed by atoms with E-state index in [-0.39, 0.29) is 5.91 Å². The lowest BCUT2D eigenvalue weighted by Gasteiger charge is -2.27. The molecule has 5 heteroatoms. The van der Waals surface area contributed by atoms with Crippen LogP contribution in [0.2, 0.25) is 0 Å². The number of amides is 2. The molecule has 2 fully saturated rings. The van der Waals surface area contributed by atoms with Crippen LogP contribution in [0.4, 0.5) is 0 Å². The van der Waals surface area contributed by atoms with Crippen LogP contribution in [0.15, 0.2) is 0 Å². The second-order valence-corrected chi connectivity index (χ2v) is 5.42. The minimum absolute atomic E-state index is 0.373. The first-order chi connectivity index (χ1) is 8.68. The molecule has 1 saturated heterocycles. The third kappa shape index (κ3) is 3.22. The summed E-state index contributed by atoms with van der Waals surface area (Å²) in [7, 11) is 0. The van der Waals surface area contributed by atoms with Crippen LogP contribution in [0, 0.1) is 11.8 Å². The van der Waals surface area contributed by atoms with E-state index in [9.17, 15) is 9.59 Å². The Kier molecular flexibility index (Phi) is 4.58. The highest BCUT2D eigenvalue weighted by Gasteiger charge is 2.26. The predicted molar refractivity (Wildman–Crippen MR) is 69.0 cm³/mol. The summed E-state index contributed by atoms with van der Waals surface area (Å²) in [6.45, 7) is 5.69. The van der Waals surface area contributed by atoms with Crippen LogP contribution in [0.1, 0.15) is 26.2 Å². The zero-order valence-corrected chi connectivity index (χ0v) is 11.1. The largest absolute Gasteiger partial charge is 0.348 e. The fourth-order valence-electron chi connectivity index (χ4n) is 2.84. The molecule has 0 aromatic rings. The van der Waals surface area contributed by atoms with Gasteiger partial charge in [-0.2, -0.15) is 0 Å². The van der Waals surface area contributed by atoms with Crippen molar-refractivity contribution in [3.63, 3.8) is 0 Å². The molecular formula is C13H23N3O2. The lowest BCUT2D eigenvalue weighted by Crippen LogP contribution is -2.51. The van der Waals surface area contributed by atoms with Crippen molar-refractivity contribution >= 4 is 11.8 Å². The van der Waals surface area contributed by atoms with E-state index in [1.54, 1.807) is 4.90 Å². The second kappa shape index (κ2) is 6.18. The van der Waals surface area contributed by atoms with E-state index in [1.807, 2.05) is 0 Å². The molecule has 2 rings (SSSR count). The van der Waals surface area contributed by atoms with Gasteiger partial charge in [0.15, 0.2) is 0 Å². The van der Waals surface area contributed by atoms with Gasteiger partial charge in [-0.3, -0.25) is 9.59 Å². The Balaban J connectivity index is 1.74. The fourth-order valence-corrected chi connectivity index (χ4v) is 2.84. The van der Waals surface area contributed by atoms with E-state index < -0.39 is 5.91 Å². The Morgan fingerprint density at radius 1 is 1.28 bits per heavy atom. The maximum atomic E-state index is 11.9. The van der Waals surface area contributed by atoms with Gasteiger partial charge in [0.25, 0.3) is 0 Å². The number of rotatable bonds is 2. The zero-order valence-electron chi connectivity index (χ0n) is 11.1. The van der Waals surface area contributed by atoms with Crippen LogP contribution >= 0.6 is 0 Å². The summed E-state index contributed by atoms with van der Waals surface area (Å²) in [5.74, 6) is 0.405. The summed E-state index contributed by atoms with van der Waals surface area (Å²) in [4.78, 5) is 25.3. The molecule has 2 atom stereocenters. The molecule has 0 aromatic carbocycles. The van der Waals surface area contributed by atoms with Gasteiger partial charge < -0.3 is 15.5 Å². The molecule has 2 aliphatic rings. The standard InChI is InChI=1S/C13H23N3O2/c1-10-3-2-4-11(10)9-15-12(17)13(18)16-7-5-14-6-8-16/h10-11,14H,2-9H2,1H3,(H,15,17). The smallest absolute Gasteiger partial charge is 0.311 e. The quantitative estimate of drug-likeness (QED) is 0.679. The zero-order chi connectivity index (χ0) is 13.0. The molecule has 1 saturated carbocycles. The Morgan fingerprint density at radius 3 is 2.61 bits per heavy atom.